The van der Waals surface area contributed by atoms with Crippen LogP contribution in [0.1, 0.15) is 11.1 Å². The lowest BCUT2D eigenvalue weighted by Gasteiger charge is -2.37. The lowest BCUT2D eigenvalue weighted by molar-refractivity contribution is -0.121. The van der Waals surface area contributed by atoms with E-state index >= 15 is 0 Å². The first-order valence-corrected chi connectivity index (χ1v) is 10.3. The van der Waals surface area contributed by atoms with Crippen molar-refractivity contribution in [2.24, 2.45) is 0 Å². The number of nitrogens with zero attached hydrogens (tertiary/aromatic N) is 1. The maximum Gasteiger partial charge on any atom is 0.278 e. The maximum atomic E-state index is 13.9. The molecule has 2 heterocycles. The van der Waals surface area contributed by atoms with Crippen LogP contribution in [0.3, 0.4) is 0 Å². The van der Waals surface area contributed by atoms with Gasteiger partial charge in [0.15, 0.2) is 0 Å². The van der Waals surface area contributed by atoms with E-state index in [1.165, 1.54) is 0 Å². The van der Waals surface area contributed by atoms with E-state index in [1.807, 2.05) is 77.7 Å². The fourth-order valence-electron chi connectivity index (χ4n) is 4.61. The van der Waals surface area contributed by atoms with Gasteiger partial charge in [0.25, 0.3) is 5.91 Å². The minimum atomic E-state index is -1.04. The zero-order valence-electron chi connectivity index (χ0n) is 16.0. The van der Waals surface area contributed by atoms with Crippen molar-refractivity contribution in [1.29, 1.82) is 0 Å². The van der Waals surface area contributed by atoms with Crippen LogP contribution in [0.2, 0.25) is 5.02 Å². The monoisotopic (exact) mass is 411 g/mol. The predicted molar refractivity (Wildman–Crippen MR) is 122 cm³/mol. The van der Waals surface area contributed by atoms with Gasteiger partial charge < -0.3 is 15.5 Å². The normalized spacial score (nSPS) is 15.8. The summed E-state index contributed by atoms with van der Waals surface area (Å²) in [6.45, 7) is 0.476. The molecule has 4 aromatic rings. The lowest BCUT2D eigenvalue weighted by Crippen LogP contribution is -2.53. The van der Waals surface area contributed by atoms with Gasteiger partial charge in [-0.25, -0.2) is 0 Å². The molecule has 1 spiro atoms. The summed E-state index contributed by atoms with van der Waals surface area (Å²) in [6.07, 6.45) is 0. The summed E-state index contributed by atoms with van der Waals surface area (Å²) in [5.74, 6) is -0.0230. The molecule has 2 aliphatic rings. The van der Waals surface area contributed by atoms with E-state index in [9.17, 15) is 4.79 Å². The lowest BCUT2D eigenvalue weighted by atomic mass is 9.94. The molecule has 4 nitrogen and oxygen atoms in total. The molecule has 6 rings (SSSR count). The third-order valence-corrected chi connectivity index (χ3v) is 6.22. The van der Waals surface area contributed by atoms with Gasteiger partial charge in [-0.15, -0.1) is 0 Å². The zero-order valence-corrected chi connectivity index (χ0v) is 16.8. The molecule has 0 atom stereocenters. The molecule has 0 saturated heterocycles. The highest BCUT2D eigenvalue weighted by Crippen LogP contribution is 2.48. The SMILES string of the molecule is O=C1N(Cc2ccc(Cl)cc2)c2ccccc2C12Nc1cccc3cccc(c13)N2. The van der Waals surface area contributed by atoms with Crippen molar-refractivity contribution >= 4 is 45.3 Å². The highest BCUT2D eigenvalue weighted by molar-refractivity contribution is 6.30. The summed E-state index contributed by atoms with van der Waals surface area (Å²) < 4.78 is 0. The second-order valence-corrected chi connectivity index (χ2v) is 8.18. The molecule has 0 radical (unpaired) electrons. The molecule has 0 aromatic heterocycles. The molecule has 30 heavy (non-hydrogen) atoms. The number of nitrogens with one attached hydrogen (secondary N) is 2. The van der Waals surface area contributed by atoms with Crippen LogP contribution in [-0.2, 0) is 17.0 Å². The first-order valence-electron chi connectivity index (χ1n) is 9.90. The molecule has 0 unspecified atom stereocenters. The Kier molecular flexibility index (Phi) is 3.62. The molecule has 0 bridgehead atoms. The number of para-hydroxylation sites is 1. The second-order valence-electron chi connectivity index (χ2n) is 7.74. The van der Waals surface area contributed by atoms with Crippen LogP contribution in [0.25, 0.3) is 10.8 Å². The molecule has 4 aromatic carbocycles. The van der Waals surface area contributed by atoms with Gasteiger partial charge in [-0.05, 0) is 41.3 Å². The van der Waals surface area contributed by atoms with Gasteiger partial charge in [-0.3, -0.25) is 4.79 Å². The molecule has 2 aliphatic heterocycles. The topological polar surface area (TPSA) is 44.4 Å². The van der Waals surface area contributed by atoms with Crippen LogP contribution in [0.15, 0.2) is 84.9 Å². The quantitative estimate of drug-likeness (QED) is 0.442. The van der Waals surface area contributed by atoms with E-state index in [0.29, 0.717) is 11.6 Å². The summed E-state index contributed by atoms with van der Waals surface area (Å²) in [4.78, 5) is 15.8. The maximum absolute atomic E-state index is 13.9. The number of hydrogen-bond donors (Lipinski definition) is 2. The number of halogens is 1. The molecule has 2 N–H and O–H groups in total. The Labute approximate surface area is 179 Å². The average molecular weight is 412 g/mol. The molecule has 146 valence electrons. The Morgan fingerprint density at radius 1 is 0.800 bits per heavy atom. The Hall–Kier alpha value is -3.50. The Morgan fingerprint density at radius 2 is 1.47 bits per heavy atom. The van der Waals surface area contributed by atoms with E-state index in [1.54, 1.807) is 0 Å². The smallest absolute Gasteiger partial charge is 0.278 e. The summed E-state index contributed by atoms with van der Waals surface area (Å²) in [5.41, 5.74) is 3.74. The first kappa shape index (κ1) is 17.4. The van der Waals surface area contributed by atoms with E-state index in [2.05, 4.69) is 22.8 Å². The fraction of sp³-hybridized carbons (Fsp3) is 0.0800. The molecule has 0 fully saturated rings. The number of hydrogen-bond acceptors (Lipinski definition) is 3. The van der Waals surface area contributed by atoms with Crippen molar-refractivity contribution in [3.05, 3.63) is 101 Å². The zero-order chi connectivity index (χ0) is 20.3. The van der Waals surface area contributed by atoms with Crippen LogP contribution in [0, 0.1) is 0 Å². The van der Waals surface area contributed by atoms with Crippen molar-refractivity contribution in [2.75, 3.05) is 15.5 Å². The van der Waals surface area contributed by atoms with E-state index in [0.717, 1.165) is 39.0 Å². The number of amides is 1. The predicted octanol–water partition coefficient (Wildman–Crippen LogP) is 5.73. The molecular formula is C25H18ClN3O. The molecule has 0 saturated carbocycles. The van der Waals surface area contributed by atoms with E-state index in [-0.39, 0.29) is 5.91 Å². The highest BCUT2D eigenvalue weighted by atomic mass is 35.5. The third kappa shape index (κ3) is 2.37. The number of anilines is 3. The Bertz CT molecular complexity index is 1280. The number of carbonyl (C=O) groups excluding carboxylic acids is 1. The van der Waals surface area contributed by atoms with Gasteiger partial charge >= 0.3 is 0 Å². The number of fused-ring (bicyclic) bond motifs is 2. The molecule has 5 heteroatoms. The van der Waals surface area contributed by atoms with Crippen molar-refractivity contribution in [3.8, 4) is 0 Å². The van der Waals surface area contributed by atoms with Crippen LogP contribution in [-0.4, -0.2) is 5.91 Å². The summed E-state index contributed by atoms with van der Waals surface area (Å²) >= 11 is 6.04. The Balaban J connectivity index is 1.49. The van der Waals surface area contributed by atoms with Crippen molar-refractivity contribution in [1.82, 2.24) is 0 Å². The third-order valence-electron chi connectivity index (χ3n) is 5.97. The molecule has 0 aliphatic carbocycles. The largest absolute Gasteiger partial charge is 0.351 e. The van der Waals surface area contributed by atoms with Gasteiger partial charge in [0.05, 0.1) is 12.2 Å². The Morgan fingerprint density at radius 3 is 2.17 bits per heavy atom. The average Bonchev–Trinajstić information content (AvgIpc) is 2.98. The fourth-order valence-corrected chi connectivity index (χ4v) is 4.73. The van der Waals surface area contributed by atoms with Gasteiger partial charge in [0, 0.05) is 27.3 Å². The first-order chi connectivity index (χ1) is 14.7. The van der Waals surface area contributed by atoms with Crippen LogP contribution in [0.4, 0.5) is 17.1 Å². The van der Waals surface area contributed by atoms with Crippen molar-refractivity contribution in [2.45, 2.75) is 12.2 Å². The standard InChI is InChI=1S/C25H18ClN3O/c26-18-13-11-16(12-14-18)15-29-22-10-2-1-7-19(22)25(24(29)30)27-20-8-3-5-17-6-4-9-21(28-25)23(17)20/h1-14,27-28H,15H2. The number of rotatable bonds is 2. The van der Waals surface area contributed by atoms with Crippen molar-refractivity contribution < 1.29 is 4.79 Å². The molecule has 1 amide bonds. The summed E-state index contributed by atoms with van der Waals surface area (Å²) in [7, 11) is 0. The van der Waals surface area contributed by atoms with E-state index in [4.69, 9.17) is 11.6 Å². The van der Waals surface area contributed by atoms with Crippen LogP contribution in [0.5, 0.6) is 0 Å². The number of benzene rings is 4. The minimum absolute atomic E-state index is 0.0230. The highest BCUT2D eigenvalue weighted by Gasteiger charge is 2.53. The van der Waals surface area contributed by atoms with Crippen LogP contribution >= 0.6 is 11.6 Å². The number of carbonyl (C=O) groups is 1. The molecular weight excluding hydrogens is 394 g/mol. The van der Waals surface area contributed by atoms with Crippen LogP contribution < -0.4 is 15.5 Å². The van der Waals surface area contributed by atoms with Gasteiger partial charge in [-0.2, -0.15) is 0 Å². The van der Waals surface area contributed by atoms with Gasteiger partial charge in [0.1, 0.15) is 0 Å². The summed E-state index contributed by atoms with van der Waals surface area (Å²) in [6, 6.07) is 27.9. The van der Waals surface area contributed by atoms with Gasteiger partial charge in [-0.1, -0.05) is 66.2 Å². The second kappa shape index (κ2) is 6.25. The minimum Gasteiger partial charge on any atom is -0.351 e. The van der Waals surface area contributed by atoms with Crippen molar-refractivity contribution in [3.63, 3.8) is 0 Å². The van der Waals surface area contributed by atoms with E-state index < -0.39 is 5.66 Å². The summed E-state index contributed by atoms with van der Waals surface area (Å²) in [5, 5.41) is 10.0. The van der Waals surface area contributed by atoms with Gasteiger partial charge in [0.2, 0.25) is 5.66 Å².